The van der Waals surface area contributed by atoms with Crippen LogP contribution in [0.1, 0.15) is 28.8 Å². The van der Waals surface area contributed by atoms with Gasteiger partial charge >= 0.3 is 0 Å². The number of ether oxygens (including phenoxy) is 2. The zero-order valence-corrected chi connectivity index (χ0v) is 17.2. The van der Waals surface area contributed by atoms with E-state index >= 15 is 0 Å². The minimum absolute atomic E-state index is 0.287. The smallest absolute Gasteiger partial charge is 0.226 e. The summed E-state index contributed by atoms with van der Waals surface area (Å²) in [5.41, 5.74) is 4.69. The Morgan fingerprint density at radius 2 is 1.84 bits per heavy atom. The van der Waals surface area contributed by atoms with Gasteiger partial charge in [-0.1, -0.05) is 36.4 Å². The molecule has 158 valence electrons. The maximum absolute atomic E-state index is 13.7. The molecule has 0 unspecified atom stereocenters. The van der Waals surface area contributed by atoms with Crippen molar-refractivity contribution in [1.29, 1.82) is 0 Å². The number of hydrogen-bond acceptors (Lipinski definition) is 5. The van der Waals surface area contributed by atoms with Crippen molar-refractivity contribution in [3.05, 3.63) is 107 Å². The first-order valence-electron chi connectivity index (χ1n) is 10.3. The molecule has 0 radical (unpaired) electrons. The second-order valence-electron chi connectivity index (χ2n) is 7.71. The van der Waals surface area contributed by atoms with Crippen molar-refractivity contribution in [2.75, 3.05) is 12.4 Å². The van der Waals surface area contributed by atoms with Crippen LogP contribution in [0.2, 0.25) is 0 Å². The summed E-state index contributed by atoms with van der Waals surface area (Å²) in [6.45, 7) is 0. The highest BCUT2D eigenvalue weighted by Gasteiger charge is 2.40. The molecule has 0 saturated carbocycles. The molecule has 7 heteroatoms. The van der Waals surface area contributed by atoms with Crippen LogP contribution in [0.5, 0.6) is 11.5 Å². The molecular formula is C25H19FN4O2. The Balaban J connectivity index is 1.62. The minimum atomic E-state index is -0.407. The van der Waals surface area contributed by atoms with E-state index in [1.807, 2.05) is 53.2 Å². The lowest BCUT2D eigenvalue weighted by Crippen LogP contribution is -2.32. The molecule has 1 N–H and O–H groups in total. The van der Waals surface area contributed by atoms with Crippen LogP contribution in [0.25, 0.3) is 5.70 Å². The van der Waals surface area contributed by atoms with Crippen molar-refractivity contribution in [1.82, 2.24) is 14.8 Å². The third-order valence-corrected chi connectivity index (χ3v) is 5.90. The molecule has 0 aliphatic carbocycles. The van der Waals surface area contributed by atoms with E-state index in [1.54, 1.807) is 19.2 Å². The fraction of sp³-hybridized carbons (Fsp3) is 0.120. The lowest BCUT2D eigenvalue weighted by Gasteiger charge is -2.39. The molecule has 3 heterocycles. The van der Waals surface area contributed by atoms with Gasteiger partial charge in [-0.3, -0.25) is 0 Å². The SMILES string of the molecule is COc1cccc([C@@H]2Oc3ccccc3C3=C2[C@H](c2ccc(F)cc2)n2ncnc2N3)c1. The van der Waals surface area contributed by atoms with E-state index in [1.165, 1.54) is 18.5 Å². The van der Waals surface area contributed by atoms with Crippen molar-refractivity contribution in [2.45, 2.75) is 12.1 Å². The van der Waals surface area contributed by atoms with Crippen molar-refractivity contribution in [2.24, 2.45) is 0 Å². The van der Waals surface area contributed by atoms with Crippen LogP contribution >= 0.6 is 0 Å². The molecular weight excluding hydrogens is 407 g/mol. The summed E-state index contributed by atoms with van der Waals surface area (Å²) in [5.74, 6) is 1.86. The Bertz CT molecular complexity index is 1350. The molecule has 3 aromatic carbocycles. The van der Waals surface area contributed by atoms with E-state index in [0.717, 1.165) is 39.5 Å². The van der Waals surface area contributed by atoms with Gasteiger partial charge in [-0.15, -0.1) is 0 Å². The largest absolute Gasteiger partial charge is 0.497 e. The Kier molecular flexibility index (Phi) is 4.21. The third-order valence-electron chi connectivity index (χ3n) is 5.90. The van der Waals surface area contributed by atoms with Gasteiger partial charge in [-0.05, 0) is 42.0 Å². The van der Waals surface area contributed by atoms with Crippen LogP contribution in [0.15, 0.2) is 84.7 Å². The quantitative estimate of drug-likeness (QED) is 0.500. The number of halogens is 1. The summed E-state index contributed by atoms with van der Waals surface area (Å²) < 4.78 is 27.6. The van der Waals surface area contributed by atoms with Gasteiger partial charge in [0.05, 0.1) is 12.8 Å². The molecule has 1 aromatic heterocycles. The van der Waals surface area contributed by atoms with E-state index in [-0.39, 0.29) is 11.9 Å². The predicted octanol–water partition coefficient (Wildman–Crippen LogP) is 4.99. The Labute approximate surface area is 183 Å². The van der Waals surface area contributed by atoms with Gasteiger partial charge in [-0.2, -0.15) is 10.1 Å². The summed E-state index contributed by atoms with van der Waals surface area (Å²) in [7, 11) is 1.64. The number of hydrogen-bond donors (Lipinski definition) is 1. The first-order valence-corrected chi connectivity index (χ1v) is 10.3. The number of nitrogens with one attached hydrogen (secondary N) is 1. The number of rotatable bonds is 3. The van der Waals surface area contributed by atoms with Crippen LogP contribution in [-0.4, -0.2) is 21.9 Å². The van der Waals surface area contributed by atoms with E-state index in [2.05, 4.69) is 15.4 Å². The van der Waals surface area contributed by atoms with Crippen LogP contribution in [-0.2, 0) is 0 Å². The maximum Gasteiger partial charge on any atom is 0.226 e. The number of benzene rings is 3. The van der Waals surface area contributed by atoms with Crippen LogP contribution < -0.4 is 14.8 Å². The molecule has 0 fully saturated rings. The number of methoxy groups -OCH3 is 1. The highest BCUT2D eigenvalue weighted by Crippen LogP contribution is 2.50. The van der Waals surface area contributed by atoms with Crippen molar-refractivity contribution in [3.8, 4) is 11.5 Å². The standard InChI is InChI=1S/C25H19FN4O2/c1-31-18-6-4-5-16(13-18)24-21-22(19-7-2-3-8-20(19)32-24)29-25-27-14-28-30(25)23(21)15-9-11-17(26)12-10-15/h2-14,23-24H,1H3,(H,27,28,29)/t23-,24-/m0/s1. The van der Waals surface area contributed by atoms with Crippen molar-refractivity contribution >= 4 is 11.6 Å². The van der Waals surface area contributed by atoms with Gasteiger partial charge in [0.15, 0.2) is 0 Å². The summed E-state index contributed by atoms with van der Waals surface area (Å²) in [5, 5.41) is 7.94. The molecule has 32 heavy (non-hydrogen) atoms. The fourth-order valence-electron chi connectivity index (χ4n) is 4.46. The highest BCUT2D eigenvalue weighted by molar-refractivity contribution is 5.85. The van der Waals surface area contributed by atoms with E-state index in [0.29, 0.717) is 5.95 Å². The Hall–Kier alpha value is -4.13. The summed E-state index contributed by atoms with van der Waals surface area (Å²) in [6.07, 6.45) is 1.11. The summed E-state index contributed by atoms with van der Waals surface area (Å²) in [6, 6.07) is 21.9. The zero-order chi connectivity index (χ0) is 21.7. The summed E-state index contributed by atoms with van der Waals surface area (Å²) >= 11 is 0. The van der Waals surface area contributed by atoms with Crippen molar-refractivity contribution < 1.29 is 13.9 Å². The molecule has 6 rings (SSSR count). The predicted molar refractivity (Wildman–Crippen MR) is 118 cm³/mol. The summed E-state index contributed by atoms with van der Waals surface area (Å²) in [4.78, 5) is 4.41. The first kappa shape index (κ1) is 18.6. The fourth-order valence-corrected chi connectivity index (χ4v) is 4.46. The maximum atomic E-state index is 13.7. The van der Waals surface area contributed by atoms with E-state index in [4.69, 9.17) is 9.47 Å². The molecule has 0 spiro atoms. The molecule has 0 saturated heterocycles. The lowest BCUT2D eigenvalue weighted by atomic mass is 9.84. The van der Waals surface area contributed by atoms with Crippen LogP contribution in [0.4, 0.5) is 10.3 Å². The van der Waals surface area contributed by atoms with Gasteiger partial charge in [0.1, 0.15) is 35.8 Å². The first-order chi connectivity index (χ1) is 15.7. The molecule has 0 bridgehead atoms. The molecule has 2 atom stereocenters. The van der Waals surface area contributed by atoms with Gasteiger partial charge in [-0.25, -0.2) is 9.07 Å². The van der Waals surface area contributed by atoms with Gasteiger partial charge in [0.2, 0.25) is 5.95 Å². The number of nitrogens with zero attached hydrogens (tertiary/aromatic N) is 3. The van der Waals surface area contributed by atoms with E-state index in [9.17, 15) is 4.39 Å². The zero-order valence-electron chi connectivity index (χ0n) is 17.2. The van der Waals surface area contributed by atoms with Gasteiger partial charge in [0.25, 0.3) is 0 Å². The molecule has 2 aliphatic heterocycles. The Morgan fingerprint density at radius 1 is 1.00 bits per heavy atom. The number of para-hydroxylation sites is 1. The average Bonchev–Trinajstić information content (AvgIpc) is 3.31. The van der Waals surface area contributed by atoms with Gasteiger partial charge in [0, 0.05) is 16.7 Å². The minimum Gasteiger partial charge on any atom is -0.497 e. The number of fused-ring (bicyclic) bond motifs is 3. The topological polar surface area (TPSA) is 61.2 Å². The lowest BCUT2D eigenvalue weighted by molar-refractivity contribution is 0.222. The number of anilines is 1. The van der Waals surface area contributed by atoms with Crippen LogP contribution in [0, 0.1) is 5.82 Å². The molecule has 2 aliphatic rings. The molecule has 6 nitrogen and oxygen atoms in total. The Morgan fingerprint density at radius 3 is 2.69 bits per heavy atom. The second-order valence-corrected chi connectivity index (χ2v) is 7.71. The highest BCUT2D eigenvalue weighted by atomic mass is 19.1. The van der Waals surface area contributed by atoms with Crippen molar-refractivity contribution in [3.63, 3.8) is 0 Å². The third kappa shape index (κ3) is 2.85. The monoisotopic (exact) mass is 426 g/mol. The van der Waals surface area contributed by atoms with Gasteiger partial charge < -0.3 is 14.8 Å². The second kappa shape index (κ2) is 7.23. The molecule has 4 aromatic rings. The van der Waals surface area contributed by atoms with E-state index < -0.39 is 6.10 Å². The average molecular weight is 426 g/mol. The normalized spacial score (nSPS) is 18.7. The molecule has 0 amide bonds. The number of aromatic nitrogens is 3. The van der Waals surface area contributed by atoms with Crippen LogP contribution in [0.3, 0.4) is 0 Å².